The number of primary amides is 1. The number of carboxylic acid groups (broad SMARTS) is 2. The average Bonchev–Trinajstić information content (AvgIpc) is 3.14. The minimum Gasteiger partial charge on any atom is -0.473 e. The van der Waals surface area contributed by atoms with E-state index in [4.69, 9.17) is 37.1 Å². The first-order valence-corrected chi connectivity index (χ1v) is 9.54. The number of hydrogen-bond acceptors (Lipinski definition) is 5. The summed E-state index contributed by atoms with van der Waals surface area (Å²) >= 11 is 5.94. The van der Waals surface area contributed by atoms with Gasteiger partial charge in [0.25, 0.3) is 0 Å². The van der Waals surface area contributed by atoms with E-state index in [-0.39, 0.29) is 6.54 Å². The number of amides is 1. The van der Waals surface area contributed by atoms with Crippen LogP contribution in [0.3, 0.4) is 0 Å². The molecule has 7 N–H and O–H groups in total. The van der Waals surface area contributed by atoms with Gasteiger partial charge in [-0.25, -0.2) is 9.59 Å². The Hall–Kier alpha value is -3.40. The maximum Gasteiger partial charge on any atom is 0.414 e. The van der Waals surface area contributed by atoms with E-state index < -0.39 is 30.0 Å². The lowest BCUT2D eigenvalue weighted by Gasteiger charge is -2.18. The van der Waals surface area contributed by atoms with Crippen LogP contribution in [-0.2, 0) is 20.8 Å². The highest BCUT2D eigenvalue weighted by Gasteiger charge is 2.19. The van der Waals surface area contributed by atoms with Crippen LogP contribution in [0.15, 0.2) is 54.7 Å². The zero-order valence-corrected chi connectivity index (χ0v) is 17.0. The summed E-state index contributed by atoms with van der Waals surface area (Å²) < 4.78 is 0. The Morgan fingerprint density at radius 3 is 2.35 bits per heavy atom. The van der Waals surface area contributed by atoms with Crippen LogP contribution >= 0.6 is 11.6 Å². The number of nitrogens with two attached hydrogens (primary N) is 1. The number of H-pyrrole nitrogens is 1. The summed E-state index contributed by atoms with van der Waals surface area (Å²) in [4.78, 5) is 33.2. The first kappa shape index (κ1) is 23.9. The van der Waals surface area contributed by atoms with Crippen molar-refractivity contribution in [2.45, 2.75) is 18.6 Å². The van der Waals surface area contributed by atoms with E-state index in [1.807, 2.05) is 30.5 Å². The number of aliphatic hydroxyl groups is 1. The predicted molar refractivity (Wildman–Crippen MR) is 115 cm³/mol. The predicted octanol–water partition coefficient (Wildman–Crippen LogP) is 1.70. The molecule has 1 heterocycles. The second kappa shape index (κ2) is 11.1. The highest BCUT2D eigenvalue weighted by molar-refractivity contribution is 6.30. The fraction of sp³-hybridized carbons (Fsp3) is 0.190. The number of carboxylic acids is 2. The third kappa shape index (κ3) is 7.10. The Bertz CT molecular complexity index is 1060. The fourth-order valence-electron chi connectivity index (χ4n) is 2.88. The number of fused-ring (bicyclic) bond motifs is 1. The Labute approximate surface area is 182 Å². The van der Waals surface area contributed by atoms with Crippen molar-refractivity contribution < 1.29 is 29.7 Å². The van der Waals surface area contributed by atoms with Crippen molar-refractivity contribution in [1.29, 1.82) is 0 Å². The van der Waals surface area contributed by atoms with Crippen LogP contribution in [0.1, 0.15) is 17.2 Å². The largest absolute Gasteiger partial charge is 0.473 e. The van der Waals surface area contributed by atoms with Gasteiger partial charge in [-0.05, 0) is 35.7 Å². The third-order valence-electron chi connectivity index (χ3n) is 4.42. The van der Waals surface area contributed by atoms with Gasteiger partial charge in [-0.3, -0.25) is 4.79 Å². The van der Waals surface area contributed by atoms with Crippen LogP contribution in [0.5, 0.6) is 0 Å². The van der Waals surface area contributed by atoms with Gasteiger partial charge in [0.15, 0.2) is 0 Å². The standard InChI is InChI=1S/C19H20ClN3O2.C2H2O4/c20-14-5-3-4-12(8-14)18(24)11-23-17(19(21)25)9-13-10-22-16-7-2-1-6-15(13)16;3-1(4)2(5)6/h1-8,10,17-18,22-24H,9,11H2,(H2,21,25);(H,3,4)(H,5,6)/t17-,18?;/m0./s1. The summed E-state index contributed by atoms with van der Waals surface area (Å²) in [7, 11) is 0. The van der Waals surface area contributed by atoms with Crippen molar-refractivity contribution in [3.8, 4) is 0 Å². The lowest BCUT2D eigenvalue weighted by molar-refractivity contribution is -0.159. The minimum absolute atomic E-state index is 0.205. The molecule has 3 aromatic rings. The number of hydrogen-bond donors (Lipinski definition) is 6. The van der Waals surface area contributed by atoms with Gasteiger partial charge in [-0.1, -0.05) is 41.9 Å². The molecule has 0 aliphatic carbocycles. The number of aromatic nitrogens is 1. The molecule has 0 saturated carbocycles. The quantitative estimate of drug-likeness (QED) is 0.300. The Kier molecular flexibility index (Phi) is 8.56. The molecular formula is C21H22ClN3O6. The van der Waals surface area contributed by atoms with Gasteiger partial charge in [0.1, 0.15) is 0 Å². The number of carbonyl (C=O) groups is 3. The zero-order valence-electron chi connectivity index (χ0n) is 16.3. The molecule has 0 fully saturated rings. The van der Waals surface area contributed by atoms with Crippen molar-refractivity contribution >= 4 is 40.3 Å². The average molecular weight is 448 g/mol. The molecule has 0 aliphatic heterocycles. The molecule has 1 amide bonds. The van der Waals surface area contributed by atoms with Crippen LogP contribution < -0.4 is 11.1 Å². The number of para-hydroxylation sites is 1. The SMILES string of the molecule is NC(=O)[C@H](Cc1c[nH]c2ccccc12)NCC(O)c1cccc(Cl)c1.O=C(O)C(=O)O. The molecular weight excluding hydrogens is 426 g/mol. The summed E-state index contributed by atoms with van der Waals surface area (Å²) in [6, 6.07) is 14.3. The molecule has 0 spiro atoms. The summed E-state index contributed by atoms with van der Waals surface area (Å²) in [6.07, 6.45) is 1.56. The number of rotatable bonds is 7. The monoisotopic (exact) mass is 447 g/mol. The topological polar surface area (TPSA) is 166 Å². The molecule has 2 aromatic carbocycles. The van der Waals surface area contributed by atoms with E-state index in [9.17, 15) is 9.90 Å². The molecule has 3 rings (SSSR count). The van der Waals surface area contributed by atoms with Gasteiger partial charge in [0.05, 0.1) is 12.1 Å². The molecule has 0 aliphatic rings. The second-order valence-corrected chi connectivity index (χ2v) is 7.04. The maximum atomic E-state index is 11.8. The smallest absolute Gasteiger partial charge is 0.414 e. The fourth-order valence-corrected chi connectivity index (χ4v) is 3.08. The second-order valence-electron chi connectivity index (χ2n) is 6.61. The summed E-state index contributed by atoms with van der Waals surface area (Å²) in [5.74, 6) is -4.10. The molecule has 31 heavy (non-hydrogen) atoms. The third-order valence-corrected chi connectivity index (χ3v) is 4.65. The number of aliphatic carboxylic acids is 2. The highest BCUT2D eigenvalue weighted by Crippen LogP contribution is 2.20. The molecule has 9 nitrogen and oxygen atoms in total. The van der Waals surface area contributed by atoms with E-state index >= 15 is 0 Å². The number of carbonyl (C=O) groups excluding carboxylic acids is 1. The summed E-state index contributed by atoms with van der Waals surface area (Å²) in [5, 5.41) is 29.8. The van der Waals surface area contributed by atoms with E-state index in [2.05, 4.69) is 10.3 Å². The molecule has 0 saturated heterocycles. The molecule has 0 bridgehead atoms. The van der Waals surface area contributed by atoms with Crippen molar-refractivity contribution in [2.75, 3.05) is 6.54 Å². The van der Waals surface area contributed by atoms with E-state index in [0.29, 0.717) is 17.0 Å². The van der Waals surface area contributed by atoms with Crippen molar-refractivity contribution in [1.82, 2.24) is 10.3 Å². The number of aromatic amines is 1. The number of benzene rings is 2. The number of aliphatic hydroxyl groups excluding tert-OH is 1. The van der Waals surface area contributed by atoms with Crippen molar-refractivity contribution in [3.05, 3.63) is 70.9 Å². The number of halogens is 1. The van der Waals surface area contributed by atoms with Crippen molar-refractivity contribution in [2.24, 2.45) is 5.73 Å². The van der Waals surface area contributed by atoms with Crippen LogP contribution in [0, 0.1) is 0 Å². The van der Waals surface area contributed by atoms with Gasteiger partial charge in [0, 0.05) is 28.7 Å². The lowest BCUT2D eigenvalue weighted by Crippen LogP contribution is -2.44. The zero-order chi connectivity index (χ0) is 23.0. The number of nitrogens with one attached hydrogen (secondary N) is 2. The van der Waals surface area contributed by atoms with Crippen LogP contribution in [0.25, 0.3) is 10.9 Å². The normalized spacial score (nSPS) is 12.5. The summed E-state index contributed by atoms with van der Waals surface area (Å²) in [5.41, 5.74) is 8.24. The Balaban J connectivity index is 0.000000501. The Morgan fingerprint density at radius 1 is 1.06 bits per heavy atom. The Morgan fingerprint density at radius 2 is 1.74 bits per heavy atom. The van der Waals surface area contributed by atoms with Gasteiger partial charge in [-0.2, -0.15) is 0 Å². The van der Waals surface area contributed by atoms with Crippen LogP contribution in [0.2, 0.25) is 5.02 Å². The summed E-state index contributed by atoms with van der Waals surface area (Å²) in [6.45, 7) is 0.205. The van der Waals surface area contributed by atoms with Gasteiger partial charge >= 0.3 is 11.9 Å². The van der Waals surface area contributed by atoms with Crippen LogP contribution in [-0.4, -0.2) is 50.7 Å². The van der Waals surface area contributed by atoms with E-state index in [1.165, 1.54) is 0 Å². The maximum absolute atomic E-state index is 11.8. The lowest BCUT2D eigenvalue weighted by atomic mass is 10.0. The molecule has 1 unspecified atom stereocenters. The van der Waals surface area contributed by atoms with Gasteiger partial charge < -0.3 is 31.4 Å². The minimum atomic E-state index is -1.82. The van der Waals surface area contributed by atoms with Crippen molar-refractivity contribution in [3.63, 3.8) is 0 Å². The first-order chi connectivity index (χ1) is 14.7. The molecule has 2 atom stereocenters. The first-order valence-electron chi connectivity index (χ1n) is 9.16. The van der Waals surface area contributed by atoms with E-state index in [0.717, 1.165) is 16.5 Å². The molecule has 164 valence electrons. The molecule has 0 radical (unpaired) electrons. The molecule has 10 heteroatoms. The van der Waals surface area contributed by atoms with Gasteiger partial charge in [-0.15, -0.1) is 0 Å². The highest BCUT2D eigenvalue weighted by atomic mass is 35.5. The van der Waals surface area contributed by atoms with E-state index in [1.54, 1.807) is 24.3 Å². The van der Waals surface area contributed by atoms with Crippen LogP contribution in [0.4, 0.5) is 0 Å². The van der Waals surface area contributed by atoms with Gasteiger partial charge in [0.2, 0.25) is 5.91 Å². The molecule has 1 aromatic heterocycles.